The van der Waals surface area contributed by atoms with Gasteiger partial charge in [0.1, 0.15) is 11.5 Å². The maximum Gasteiger partial charge on any atom is 0.275 e. The minimum atomic E-state index is -0.350. The van der Waals surface area contributed by atoms with Crippen LogP contribution in [0.2, 0.25) is 0 Å². The Kier molecular flexibility index (Phi) is 4.34. The topological polar surface area (TPSA) is 70.9 Å². The van der Waals surface area contributed by atoms with Gasteiger partial charge in [0.05, 0.1) is 18.9 Å². The number of aromatic hydroxyl groups is 1. The minimum absolute atomic E-state index is 0.181. The molecule has 2 aromatic rings. The van der Waals surface area contributed by atoms with E-state index in [-0.39, 0.29) is 11.7 Å². The third-order valence-electron chi connectivity index (χ3n) is 2.62. The van der Waals surface area contributed by atoms with Gasteiger partial charge in [-0.25, -0.2) is 5.43 Å². The van der Waals surface area contributed by atoms with Gasteiger partial charge in [0.25, 0.3) is 5.91 Å². The van der Waals surface area contributed by atoms with Crippen LogP contribution in [0.25, 0.3) is 0 Å². The molecule has 0 aliphatic heterocycles. The normalized spacial score (nSPS) is 10.4. The van der Waals surface area contributed by atoms with Gasteiger partial charge in [-0.2, -0.15) is 5.10 Å². The smallest absolute Gasteiger partial charge is 0.275 e. The van der Waals surface area contributed by atoms with Crippen LogP contribution in [0, 0.1) is 0 Å². The minimum Gasteiger partial charge on any atom is -0.508 e. The molecule has 0 fully saturated rings. The molecule has 20 heavy (non-hydrogen) atoms. The van der Waals surface area contributed by atoms with Crippen LogP contribution in [0.4, 0.5) is 0 Å². The second kappa shape index (κ2) is 6.38. The summed E-state index contributed by atoms with van der Waals surface area (Å²) in [6.45, 7) is 0. The molecule has 0 bridgehead atoms. The molecule has 0 radical (unpaired) electrons. The summed E-state index contributed by atoms with van der Waals surface area (Å²) in [4.78, 5) is 11.9. The third kappa shape index (κ3) is 3.35. The van der Waals surface area contributed by atoms with Gasteiger partial charge in [-0.3, -0.25) is 4.79 Å². The predicted molar refractivity (Wildman–Crippen MR) is 76.2 cm³/mol. The van der Waals surface area contributed by atoms with E-state index in [0.29, 0.717) is 11.3 Å². The van der Waals surface area contributed by atoms with E-state index in [0.717, 1.165) is 5.56 Å². The quantitative estimate of drug-likeness (QED) is 0.660. The van der Waals surface area contributed by atoms with Crippen LogP contribution < -0.4 is 10.2 Å². The molecule has 5 heteroatoms. The Morgan fingerprint density at radius 2 is 1.90 bits per heavy atom. The molecule has 0 atom stereocenters. The molecule has 2 aromatic carbocycles. The lowest BCUT2D eigenvalue weighted by atomic mass is 10.2. The second-order valence-electron chi connectivity index (χ2n) is 3.99. The fourth-order valence-corrected chi connectivity index (χ4v) is 1.62. The first-order valence-corrected chi connectivity index (χ1v) is 5.96. The van der Waals surface area contributed by atoms with Crippen LogP contribution >= 0.6 is 0 Å². The Morgan fingerprint density at radius 1 is 1.20 bits per heavy atom. The van der Waals surface area contributed by atoms with Crippen molar-refractivity contribution in [2.24, 2.45) is 5.10 Å². The van der Waals surface area contributed by atoms with Gasteiger partial charge in [0.15, 0.2) is 0 Å². The van der Waals surface area contributed by atoms with Crippen LogP contribution in [-0.4, -0.2) is 24.3 Å². The van der Waals surface area contributed by atoms with E-state index in [2.05, 4.69) is 10.5 Å². The van der Waals surface area contributed by atoms with Crippen molar-refractivity contribution in [1.82, 2.24) is 5.43 Å². The lowest BCUT2D eigenvalue weighted by molar-refractivity contribution is 0.0952. The highest BCUT2D eigenvalue weighted by Gasteiger charge is 2.09. The second-order valence-corrected chi connectivity index (χ2v) is 3.99. The number of methoxy groups -OCH3 is 1. The average Bonchev–Trinajstić information content (AvgIpc) is 2.49. The summed E-state index contributed by atoms with van der Waals surface area (Å²) in [5.41, 5.74) is 3.61. The van der Waals surface area contributed by atoms with Gasteiger partial charge in [-0.15, -0.1) is 0 Å². The first-order valence-electron chi connectivity index (χ1n) is 5.96. The first-order chi connectivity index (χ1) is 9.70. The average molecular weight is 270 g/mol. The summed E-state index contributed by atoms with van der Waals surface area (Å²) >= 11 is 0. The molecule has 0 saturated heterocycles. The molecular weight excluding hydrogens is 256 g/mol. The number of amides is 1. The first kappa shape index (κ1) is 13.6. The Bertz CT molecular complexity index is 621. The van der Waals surface area contributed by atoms with E-state index in [9.17, 15) is 4.79 Å². The number of phenolic OH excluding ortho intramolecular Hbond substituents is 1. The summed E-state index contributed by atoms with van der Waals surface area (Å²) in [7, 11) is 1.51. The summed E-state index contributed by atoms with van der Waals surface area (Å²) in [5.74, 6) is 0.322. The Labute approximate surface area is 116 Å². The van der Waals surface area contributed by atoms with Crippen LogP contribution in [0.5, 0.6) is 11.5 Å². The molecule has 1 amide bonds. The van der Waals surface area contributed by atoms with Gasteiger partial charge < -0.3 is 9.84 Å². The Morgan fingerprint density at radius 3 is 2.60 bits per heavy atom. The molecule has 0 saturated carbocycles. The largest absolute Gasteiger partial charge is 0.508 e. The van der Waals surface area contributed by atoms with E-state index < -0.39 is 0 Å². The molecular formula is C15H14N2O3. The van der Waals surface area contributed by atoms with Crippen molar-refractivity contribution in [2.45, 2.75) is 0 Å². The van der Waals surface area contributed by atoms with Crippen molar-refractivity contribution in [3.05, 3.63) is 59.7 Å². The van der Waals surface area contributed by atoms with Crippen molar-refractivity contribution in [3.63, 3.8) is 0 Å². The summed E-state index contributed by atoms with van der Waals surface area (Å²) in [6.07, 6.45) is 1.49. The molecule has 0 aromatic heterocycles. The maximum atomic E-state index is 11.9. The lowest BCUT2D eigenvalue weighted by Crippen LogP contribution is -2.18. The number of hydrogen-bond donors (Lipinski definition) is 2. The van der Waals surface area contributed by atoms with Crippen LogP contribution in [0.1, 0.15) is 15.9 Å². The van der Waals surface area contributed by atoms with E-state index in [4.69, 9.17) is 9.84 Å². The van der Waals surface area contributed by atoms with Crippen molar-refractivity contribution >= 4 is 12.1 Å². The van der Waals surface area contributed by atoms with Gasteiger partial charge in [0, 0.05) is 0 Å². The van der Waals surface area contributed by atoms with Crippen molar-refractivity contribution in [2.75, 3.05) is 7.11 Å². The molecule has 2 N–H and O–H groups in total. The number of benzene rings is 2. The zero-order valence-electron chi connectivity index (χ0n) is 10.9. The highest BCUT2D eigenvalue weighted by molar-refractivity contribution is 5.97. The zero-order chi connectivity index (χ0) is 14.4. The summed E-state index contributed by atoms with van der Waals surface area (Å²) in [6, 6.07) is 13.4. The van der Waals surface area contributed by atoms with Gasteiger partial charge in [-0.05, 0) is 42.0 Å². The number of ether oxygens (including phenoxy) is 1. The van der Waals surface area contributed by atoms with E-state index in [1.165, 1.54) is 13.3 Å². The van der Waals surface area contributed by atoms with Crippen LogP contribution in [-0.2, 0) is 0 Å². The van der Waals surface area contributed by atoms with Crippen molar-refractivity contribution in [1.29, 1.82) is 0 Å². The number of nitrogens with zero attached hydrogens (tertiary/aromatic N) is 1. The van der Waals surface area contributed by atoms with Gasteiger partial charge in [0.2, 0.25) is 0 Å². The fraction of sp³-hybridized carbons (Fsp3) is 0.0667. The number of carbonyl (C=O) groups is 1. The molecule has 0 unspecified atom stereocenters. The SMILES string of the molecule is COc1ccccc1C(=O)N/N=C/c1ccc(O)cc1. The van der Waals surface area contributed by atoms with Crippen molar-refractivity contribution in [3.8, 4) is 11.5 Å². The highest BCUT2D eigenvalue weighted by atomic mass is 16.5. The number of rotatable bonds is 4. The lowest BCUT2D eigenvalue weighted by Gasteiger charge is -2.05. The standard InChI is InChI=1S/C15H14N2O3/c1-20-14-5-3-2-4-13(14)15(19)17-16-10-11-6-8-12(18)9-7-11/h2-10,18H,1H3,(H,17,19)/b16-10+. The predicted octanol–water partition coefficient (Wildman–Crippen LogP) is 2.16. The van der Waals surface area contributed by atoms with E-state index in [1.807, 2.05) is 0 Å². The Balaban J connectivity index is 2.03. The molecule has 0 aliphatic carbocycles. The molecule has 0 aliphatic rings. The van der Waals surface area contributed by atoms with Crippen LogP contribution in [0.3, 0.4) is 0 Å². The number of carbonyl (C=O) groups excluding carboxylic acids is 1. The summed E-state index contributed by atoms with van der Waals surface area (Å²) in [5, 5.41) is 13.0. The maximum absolute atomic E-state index is 11.9. The summed E-state index contributed by atoms with van der Waals surface area (Å²) < 4.78 is 5.10. The van der Waals surface area contributed by atoms with Crippen LogP contribution in [0.15, 0.2) is 53.6 Å². The zero-order valence-corrected chi connectivity index (χ0v) is 10.9. The number of nitrogens with one attached hydrogen (secondary N) is 1. The molecule has 0 spiro atoms. The molecule has 5 nitrogen and oxygen atoms in total. The van der Waals surface area contributed by atoms with Gasteiger partial charge >= 0.3 is 0 Å². The molecule has 102 valence electrons. The number of hydrazone groups is 1. The highest BCUT2D eigenvalue weighted by Crippen LogP contribution is 2.16. The number of hydrogen-bond acceptors (Lipinski definition) is 4. The number of phenols is 1. The van der Waals surface area contributed by atoms with Crippen molar-refractivity contribution < 1.29 is 14.6 Å². The molecule has 2 rings (SSSR count). The monoisotopic (exact) mass is 270 g/mol. The van der Waals surface area contributed by atoms with E-state index >= 15 is 0 Å². The fourth-order valence-electron chi connectivity index (χ4n) is 1.62. The van der Waals surface area contributed by atoms with E-state index in [1.54, 1.807) is 48.5 Å². The Hall–Kier alpha value is -2.82. The number of para-hydroxylation sites is 1. The molecule has 0 heterocycles. The van der Waals surface area contributed by atoms with Gasteiger partial charge in [-0.1, -0.05) is 12.1 Å². The third-order valence-corrected chi connectivity index (χ3v) is 2.62.